The second-order valence-corrected chi connectivity index (χ2v) is 6.10. The van der Waals surface area contributed by atoms with Crippen molar-refractivity contribution in [2.24, 2.45) is 0 Å². The van der Waals surface area contributed by atoms with Crippen LogP contribution in [0.25, 0.3) is 0 Å². The lowest BCUT2D eigenvalue weighted by atomic mass is 9.93. The first-order chi connectivity index (χ1) is 9.24. The number of hydrogen-bond donors (Lipinski definition) is 1. The third kappa shape index (κ3) is 2.68. The number of hydrogen-bond acceptors (Lipinski definition) is 1. The molecule has 0 spiro atoms. The maximum absolute atomic E-state index is 12.3. The van der Waals surface area contributed by atoms with Gasteiger partial charge in [0.2, 0.25) is 0 Å². The molecule has 0 radical (unpaired) electrons. The predicted octanol–water partition coefficient (Wildman–Crippen LogP) is 4.07. The minimum absolute atomic E-state index is 0.0288. The Kier molecular flexibility index (Phi) is 3.59. The van der Waals surface area contributed by atoms with Gasteiger partial charge in [-0.15, -0.1) is 0 Å². The molecule has 0 unspecified atom stereocenters. The predicted molar refractivity (Wildman–Crippen MR) is 84.4 cm³/mol. The summed E-state index contributed by atoms with van der Waals surface area (Å²) in [6.07, 6.45) is 5.63. The minimum Gasteiger partial charge on any atom is -0.340 e. The lowest BCUT2D eigenvalue weighted by Crippen LogP contribution is -2.23. The third-order valence-electron chi connectivity index (χ3n) is 3.56. The summed E-state index contributed by atoms with van der Waals surface area (Å²) < 4.78 is 3.22. The molecule has 2 aromatic rings. The molecule has 1 aromatic carbocycles. The van der Waals surface area contributed by atoms with Crippen molar-refractivity contribution in [1.82, 2.24) is 4.57 Å². The van der Waals surface area contributed by atoms with Gasteiger partial charge in [0.15, 0.2) is 0 Å². The van der Waals surface area contributed by atoms with E-state index in [2.05, 4.69) is 32.5 Å². The number of halogens is 1. The Bertz CT molecular complexity index is 602. The Balaban J connectivity index is 1.79. The molecule has 1 aliphatic carbocycles. The number of benzene rings is 1. The molecule has 0 bridgehead atoms. The molecule has 3 rings (SSSR count). The lowest BCUT2D eigenvalue weighted by molar-refractivity contribution is 0.101. The van der Waals surface area contributed by atoms with E-state index < -0.39 is 0 Å². The van der Waals surface area contributed by atoms with Gasteiger partial charge in [-0.1, -0.05) is 6.07 Å². The van der Waals surface area contributed by atoms with Crippen LogP contribution in [0.5, 0.6) is 0 Å². The average molecular weight is 366 g/mol. The molecule has 0 atom stereocenters. The first-order valence-electron chi connectivity index (χ1n) is 6.48. The fourth-order valence-electron chi connectivity index (χ4n) is 2.33. The average Bonchev–Trinajstić information content (AvgIpc) is 2.75. The molecule has 98 valence electrons. The van der Waals surface area contributed by atoms with Gasteiger partial charge in [0.05, 0.1) is 0 Å². The zero-order valence-corrected chi connectivity index (χ0v) is 12.6. The molecule has 1 saturated carbocycles. The number of carbonyl (C=O) groups excluding carboxylic acids is 1. The van der Waals surface area contributed by atoms with Gasteiger partial charge in [0, 0.05) is 21.5 Å². The van der Waals surface area contributed by atoms with E-state index >= 15 is 0 Å². The molecule has 3 nitrogen and oxygen atoms in total. The lowest BCUT2D eigenvalue weighted by Gasteiger charge is -2.28. The Labute approximate surface area is 126 Å². The van der Waals surface area contributed by atoms with Crippen LogP contribution < -0.4 is 5.32 Å². The smallest absolute Gasteiger partial charge is 0.272 e. The zero-order valence-electron chi connectivity index (χ0n) is 10.5. The van der Waals surface area contributed by atoms with Crippen molar-refractivity contribution in [3.8, 4) is 0 Å². The first kappa shape index (κ1) is 12.7. The van der Waals surface area contributed by atoms with Crippen LogP contribution in [-0.4, -0.2) is 10.5 Å². The number of rotatable bonds is 3. The molecule has 1 heterocycles. The number of anilines is 1. The molecule has 0 aliphatic heterocycles. The largest absolute Gasteiger partial charge is 0.340 e. The van der Waals surface area contributed by atoms with Crippen LogP contribution in [-0.2, 0) is 0 Å². The normalized spacial score (nSPS) is 15.0. The SMILES string of the molecule is O=C(Nc1cccc(I)c1)c1cccn1C1CCC1. The topological polar surface area (TPSA) is 34.0 Å². The molecule has 19 heavy (non-hydrogen) atoms. The quantitative estimate of drug-likeness (QED) is 0.817. The van der Waals surface area contributed by atoms with Gasteiger partial charge in [-0.25, -0.2) is 0 Å². The number of nitrogens with one attached hydrogen (secondary N) is 1. The molecule has 0 saturated heterocycles. The highest BCUT2D eigenvalue weighted by Crippen LogP contribution is 2.32. The highest BCUT2D eigenvalue weighted by molar-refractivity contribution is 14.1. The van der Waals surface area contributed by atoms with E-state index in [1.54, 1.807) is 0 Å². The Morgan fingerprint density at radius 1 is 1.26 bits per heavy atom. The van der Waals surface area contributed by atoms with Gasteiger partial charge in [-0.3, -0.25) is 4.79 Å². The molecule has 1 amide bonds. The maximum atomic E-state index is 12.3. The van der Waals surface area contributed by atoms with E-state index in [1.807, 2.05) is 42.6 Å². The van der Waals surface area contributed by atoms with Crippen molar-refractivity contribution in [3.05, 3.63) is 51.9 Å². The summed E-state index contributed by atoms with van der Waals surface area (Å²) in [5, 5.41) is 2.96. The van der Waals surface area contributed by atoms with Crippen LogP contribution >= 0.6 is 22.6 Å². The standard InChI is InChI=1S/C15H15IN2O/c16-11-4-1-5-12(10-11)17-15(19)14-8-3-9-18(14)13-6-2-7-13/h1,3-5,8-10,13H,2,6-7H2,(H,17,19). The van der Waals surface area contributed by atoms with Crippen molar-refractivity contribution < 1.29 is 4.79 Å². The molecule has 1 N–H and O–H groups in total. The summed E-state index contributed by atoms with van der Waals surface area (Å²) >= 11 is 2.24. The summed E-state index contributed by atoms with van der Waals surface area (Å²) in [5.41, 5.74) is 1.60. The number of nitrogens with zero attached hydrogens (tertiary/aromatic N) is 1. The second-order valence-electron chi connectivity index (χ2n) is 4.85. The fraction of sp³-hybridized carbons (Fsp3) is 0.267. The summed E-state index contributed by atoms with van der Waals surface area (Å²) in [5.74, 6) is -0.0288. The number of aromatic nitrogens is 1. The van der Waals surface area contributed by atoms with Crippen LogP contribution in [0.3, 0.4) is 0 Å². The van der Waals surface area contributed by atoms with E-state index in [1.165, 1.54) is 19.3 Å². The van der Waals surface area contributed by atoms with Crippen LogP contribution in [0.15, 0.2) is 42.6 Å². The molecular formula is C15H15IN2O. The number of amides is 1. The molecule has 1 aromatic heterocycles. The highest BCUT2D eigenvalue weighted by atomic mass is 127. The third-order valence-corrected chi connectivity index (χ3v) is 4.23. The van der Waals surface area contributed by atoms with E-state index in [0.29, 0.717) is 6.04 Å². The maximum Gasteiger partial charge on any atom is 0.272 e. The fourth-order valence-corrected chi connectivity index (χ4v) is 2.87. The highest BCUT2D eigenvalue weighted by Gasteiger charge is 2.23. The van der Waals surface area contributed by atoms with Crippen molar-refractivity contribution in [1.29, 1.82) is 0 Å². The van der Waals surface area contributed by atoms with Crippen molar-refractivity contribution in [3.63, 3.8) is 0 Å². The van der Waals surface area contributed by atoms with Gasteiger partial charge in [-0.05, 0) is 72.2 Å². The molecule has 1 fully saturated rings. The van der Waals surface area contributed by atoms with E-state index in [4.69, 9.17) is 0 Å². The number of carbonyl (C=O) groups is 1. The van der Waals surface area contributed by atoms with Crippen LogP contribution in [0.4, 0.5) is 5.69 Å². The van der Waals surface area contributed by atoms with Gasteiger partial charge >= 0.3 is 0 Å². The molecule has 4 heteroatoms. The summed E-state index contributed by atoms with van der Waals surface area (Å²) in [6, 6.07) is 12.2. The summed E-state index contributed by atoms with van der Waals surface area (Å²) in [4.78, 5) is 12.3. The second kappa shape index (κ2) is 5.36. The minimum atomic E-state index is -0.0288. The molecular weight excluding hydrogens is 351 g/mol. The Morgan fingerprint density at radius 3 is 2.79 bits per heavy atom. The summed E-state index contributed by atoms with van der Waals surface area (Å²) in [6.45, 7) is 0. The van der Waals surface area contributed by atoms with Crippen molar-refractivity contribution >= 4 is 34.2 Å². The van der Waals surface area contributed by atoms with E-state index in [-0.39, 0.29) is 5.91 Å². The van der Waals surface area contributed by atoms with Gasteiger partial charge in [0.1, 0.15) is 5.69 Å². The summed E-state index contributed by atoms with van der Waals surface area (Å²) in [7, 11) is 0. The van der Waals surface area contributed by atoms with Crippen LogP contribution in [0.1, 0.15) is 35.8 Å². The molecule has 1 aliphatic rings. The van der Waals surface area contributed by atoms with Crippen molar-refractivity contribution in [2.45, 2.75) is 25.3 Å². The van der Waals surface area contributed by atoms with Gasteiger partial charge in [0.25, 0.3) is 5.91 Å². The monoisotopic (exact) mass is 366 g/mol. The van der Waals surface area contributed by atoms with Crippen LogP contribution in [0.2, 0.25) is 0 Å². The Hall–Kier alpha value is -1.30. The van der Waals surface area contributed by atoms with Gasteiger partial charge in [-0.2, -0.15) is 0 Å². The first-order valence-corrected chi connectivity index (χ1v) is 7.56. The Morgan fingerprint density at radius 2 is 2.11 bits per heavy atom. The van der Waals surface area contributed by atoms with Crippen LogP contribution in [0, 0.1) is 3.57 Å². The van der Waals surface area contributed by atoms with Gasteiger partial charge < -0.3 is 9.88 Å². The zero-order chi connectivity index (χ0) is 13.2. The van der Waals surface area contributed by atoms with E-state index in [9.17, 15) is 4.79 Å². The van der Waals surface area contributed by atoms with E-state index in [0.717, 1.165) is 15.0 Å². The van der Waals surface area contributed by atoms with Crippen molar-refractivity contribution in [2.75, 3.05) is 5.32 Å².